The van der Waals surface area contributed by atoms with E-state index < -0.39 is 0 Å². The molecule has 0 aliphatic rings. The Hall–Kier alpha value is -1.35. The van der Waals surface area contributed by atoms with E-state index in [2.05, 4.69) is 16.9 Å². The van der Waals surface area contributed by atoms with Gasteiger partial charge in [-0.1, -0.05) is 24.6 Å². The van der Waals surface area contributed by atoms with Gasteiger partial charge in [0.15, 0.2) is 0 Å². The van der Waals surface area contributed by atoms with E-state index in [-0.39, 0.29) is 11.9 Å². The number of nitrogens with zero attached hydrogens (tertiary/aromatic N) is 1. The summed E-state index contributed by atoms with van der Waals surface area (Å²) in [4.78, 5) is 15.9. The summed E-state index contributed by atoms with van der Waals surface area (Å²) in [6, 6.07) is 3.24. The second-order valence-corrected chi connectivity index (χ2v) is 3.91. The largest absolute Gasteiger partial charge is 0.346 e. The number of halogens is 1. The highest BCUT2D eigenvalue weighted by molar-refractivity contribution is 6.29. The Morgan fingerprint density at radius 1 is 1.69 bits per heavy atom. The Bertz CT molecular complexity index is 404. The Labute approximate surface area is 101 Å². The summed E-state index contributed by atoms with van der Waals surface area (Å²) in [7, 11) is 0. The Balaban J connectivity index is 2.90. The number of carbonyl (C=O) groups excluding carboxylic acids is 1. The number of nitrogens with one attached hydrogen (secondary N) is 1. The number of aryl methyl sites for hydroxylation is 1. The molecular formula is C12H15ClN2O. The van der Waals surface area contributed by atoms with Gasteiger partial charge in [-0.3, -0.25) is 4.79 Å². The molecule has 1 heterocycles. The van der Waals surface area contributed by atoms with E-state index in [9.17, 15) is 4.79 Å². The van der Waals surface area contributed by atoms with Crippen LogP contribution in [0.2, 0.25) is 5.15 Å². The van der Waals surface area contributed by atoms with Crippen molar-refractivity contribution in [2.45, 2.75) is 26.3 Å². The molecule has 1 amide bonds. The van der Waals surface area contributed by atoms with Crippen molar-refractivity contribution in [3.8, 4) is 0 Å². The fraction of sp³-hybridized carbons (Fsp3) is 0.333. The van der Waals surface area contributed by atoms with Crippen LogP contribution in [-0.2, 0) is 6.42 Å². The number of pyridine rings is 1. The van der Waals surface area contributed by atoms with Crippen molar-refractivity contribution in [2.75, 3.05) is 0 Å². The van der Waals surface area contributed by atoms with Crippen LogP contribution in [-0.4, -0.2) is 16.9 Å². The molecule has 1 N–H and O–H groups in total. The number of carbonyl (C=O) groups is 1. The Morgan fingerprint density at radius 3 is 2.94 bits per heavy atom. The molecule has 4 heteroatoms. The Kier molecular flexibility index (Phi) is 4.50. The highest BCUT2D eigenvalue weighted by atomic mass is 35.5. The van der Waals surface area contributed by atoms with Crippen molar-refractivity contribution in [1.82, 2.24) is 10.3 Å². The first-order valence-electron chi connectivity index (χ1n) is 5.16. The van der Waals surface area contributed by atoms with Crippen molar-refractivity contribution in [2.24, 2.45) is 0 Å². The SMILES string of the molecule is C=CC(C)NC(=O)c1cc(Cl)nc(CC)c1. The summed E-state index contributed by atoms with van der Waals surface area (Å²) in [5.74, 6) is -0.161. The summed E-state index contributed by atoms with van der Waals surface area (Å²) in [5.41, 5.74) is 1.34. The third-order valence-corrected chi connectivity index (χ3v) is 2.38. The average molecular weight is 239 g/mol. The van der Waals surface area contributed by atoms with Crippen molar-refractivity contribution < 1.29 is 4.79 Å². The number of hydrogen-bond acceptors (Lipinski definition) is 2. The number of aromatic nitrogens is 1. The van der Waals surface area contributed by atoms with Crippen LogP contribution in [0.4, 0.5) is 0 Å². The van der Waals surface area contributed by atoms with Gasteiger partial charge in [-0.25, -0.2) is 4.98 Å². The molecule has 0 saturated carbocycles. The lowest BCUT2D eigenvalue weighted by atomic mass is 10.2. The summed E-state index contributed by atoms with van der Waals surface area (Å²) in [5, 5.41) is 3.12. The topological polar surface area (TPSA) is 42.0 Å². The van der Waals surface area contributed by atoms with Crippen LogP contribution in [0.1, 0.15) is 29.9 Å². The van der Waals surface area contributed by atoms with Gasteiger partial charge in [-0.2, -0.15) is 0 Å². The zero-order chi connectivity index (χ0) is 12.1. The van der Waals surface area contributed by atoms with Gasteiger partial charge < -0.3 is 5.32 Å². The van der Waals surface area contributed by atoms with Crippen LogP contribution < -0.4 is 5.32 Å². The predicted molar refractivity (Wildman–Crippen MR) is 65.8 cm³/mol. The van der Waals surface area contributed by atoms with Crippen LogP contribution in [0.5, 0.6) is 0 Å². The van der Waals surface area contributed by atoms with Crippen molar-refractivity contribution in [1.29, 1.82) is 0 Å². The highest BCUT2D eigenvalue weighted by Crippen LogP contribution is 2.11. The molecule has 0 spiro atoms. The summed E-state index contributed by atoms with van der Waals surface area (Å²) in [6.45, 7) is 7.43. The molecule has 0 aliphatic carbocycles. The lowest BCUT2D eigenvalue weighted by Gasteiger charge is -2.10. The highest BCUT2D eigenvalue weighted by Gasteiger charge is 2.09. The fourth-order valence-electron chi connectivity index (χ4n) is 1.21. The molecule has 1 atom stereocenters. The molecule has 0 aliphatic heterocycles. The third kappa shape index (κ3) is 3.35. The second kappa shape index (κ2) is 5.66. The van der Waals surface area contributed by atoms with Gasteiger partial charge in [0.1, 0.15) is 5.15 Å². The lowest BCUT2D eigenvalue weighted by molar-refractivity contribution is 0.0946. The van der Waals surface area contributed by atoms with E-state index in [1.54, 1.807) is 18.2 Å². The molecule has 0 bridgehead atoms. The zero-order valence-electron chi connectivity index (χ0n) is 9.46. The minimum Gasteiger partial charge on any atom is -0.346 e. The molecule has 0 radical (unpaired) electrons. The molecule has 1 unspecified atom stereocenters. The molecular weight excluding hydrogens is 224 g/mol. The van der Waals surface area contributed by atoms with E-state index in [0.717, 1.165) is 12.1 Å². The zero-order valence-corrected chi connectivity index (χ0v) is 10.2. The Morgan fingerprint density at radius 2 is 2.38 bits per heavy atom. The van der Waals surface area contributed by atoms with Crippen molar-refractivity contribution in [3.63, 3.8) is 0 Å². The average Bonchev–Trinajstić information content (AvgIpc) is 2.27. The monoisotopic (exact) mass is 238 g/mol. The van der Waals surface area contributed by atoms with Crippen molar-refractivity contribution in [3.05, 3.63) is 41.2 Å². The summed E-state index contributed by atoms with van der Waals surface area (Å²) < 4.78 is 0. The van der Waals surface area contributed by atoms with Gasteiger partial charge in [-0.05, 0) is 25.5 Å². The maximum absolute atomic E-state index is 11.8. The van der Waals surface area contributed by atoms with E-state index >= 15 is 0 Å². The maximum Gasteiger partial charge on any atom is 0.251 e. The van der Waals surface area contributed by atoms with Crippen molar-refractivity contribution >= 4 is 17.5 Å². The molecule has 1 aromatic heterocycles. The minimum atomic E-state index is -0.161. The predicted octanol–water partition coefficient (Wildman–Crippen LogP) is 2.60. The summed E-state index contributed by atoms with van der Waals surface area (Å²) >= 11 is 5.83. The van der Waals surface area contributed by atoms with Gasteiger partial charge in [-0.15, -0.1) is 6.58 Å². The van der Waals surface area contributed by atoms with Gasteiger partial charge in [0.25, 0.3) is 5.91 Å². The van der Waals surface area contributed by atoms with Gasteiger partial charge in [0.05, 0.1) is 0 Å². The summed E-state index contributed by atoms with van der Waals surface area (Å²) in [6.07, 6.45) is 2.42. The molecule has 3 nitrogen and oxygen atoms in total. The minimum absolute atomic E-state index is 0.0653. The van der Waals surface area contributed by atoms with Crippen LogP contribution in [0.25, 0.3) is 0 Å². The van der Waals surface area contributed by atoms with Gasteiger partial charge >= 0.3 is 0 Å². The molecule has 16 heavy (non-hydrogen) atoms. The molecule has 0 fully saturated rings. The molecule has 0 saturated heterocycles. The standard InChI is InChI=1S/C12H15ClN2O/c1-4-8(3)14-12(16)9-6-10(5-2)15-11(13)7-9/h4,6-8H,1,5H2,2-3H3,(H,14,16). The van der Waals surface area contributed by atoms with Crippen LogP contribution >= 0.6 is 11.6 Å². The number of rotatable bonds is 4. The van der Waals surface area contributed by atoms with Crippen LogP contribution in [0.3, 0.4) is 0 Å². The lowest BCUT2D eigenvalue weighted by Crippen LogP contribution is -2.30. The van der Waals surface area contributed by atoms with E-state index in [1.165, 1.54) is 0 Å². The van der Waals surface area contributed by atoms with E-state index in [4.69, 9.17) is 11.6 Å². The molecule has 86 valence electrons. The normalized spacial score (nSPS) is 11.9. The van der Waals surface area contributed by atoms with Crippen LogP contribution in [0.15, 0.2) is 24.8 Å². The first-order chi connectivity index (χ1) is 7.56. The first-order valence-corrected chi connectivity index (χ1v) is 5.54. The quantitative estimate of drug-likeness (QED) is 0.647. The van der Waals surface area contributed by atoms with Gasteiger partial charge in [0.2, 0.25) is 0 Å². The molecule has 1 rings (SSSR count). The van der Waals surface area contributed by atoms with Crippen LogP contribution in [0, 0.1) is 0 Å². The number of hydrogen-bond donors (Lipinski definition) is 1. The smallest absolute Gasteiger partial charge is 0.251 e. The van der Waals surface area contributed by atoms with E-state index in [1.807, 2.05) is 13.8 Å². The number of amides is 1. The van der Waals surface area contributed by atoms with E-state index in [0.29, 0.717) is 10.7 Å². The fourth-order valence-corrected chi connectivity index (χ4v) is 1.44. The van der Waals surface area contributed by atoms with Gasteiger partial charge in [0, 0.05) is 17.3 Å². The first kappa shape index (κ1) is 12.7. The second-order valence-electron chi connectivity index (χ2n) is 3.52. The third-order valence-electron chi connectivity index (χ3n) is 2.18. The molecule has 1 aromatic rings. The molecule has 0 aromatic carbocycles. The maximum atomic E-state index is 11.8.